The van der Waals surface area contributed by atoms with E-state index in [1.165, 1.54) is 24.3 Å². The SMILES string of the molecule is C[C@H]1CCC[C@H](C)N1C(=O)COC(=O)c1ccc(N2C(=O)CCC2=O)cc1. The monoisotopic (exact) mass is 372 g/mol. The standard InChI is InChI=1S/C20H24N2O5/c1-13-4-3-5-14(2)21(13)19(25)12-27-20(26)15-6-8-16(9-7-15)22-17(23)10-11-18(22)24/h6-9,13-14H,3-5,10-12H2,1-2H3/t13-,14-/m0/s1. The third-order valence-electron chi connectivity index (χ3n) is 5.22. The van der Waals surface area contributed by atoms with Crippen LogP contribution in [0.15, 0.2) is 24.3 Å². The average Bonchev–Trinajstić information content (AvgIpc) is 2.98. The van der Waals surface area contributed by atoms with Crippen LogP contribution in [0, 0.1) is 0 Å². The fourth-order valence-electron chi connectivity index (χ4n) is 3.81. The summed E-state index contributed by atoms with van der Waals surface area (Å²) in [6, 6.07) is 6.35. The Morgan fingerprint density at radius 1 is 1.00 bits per heavy atom. The number of amides is 3. The molecule has 0 spiro atoms. The maximum atomic E-state index is 12.4. The summed E-state index contributed by atoms with van der Waals surface area (Å²) < 4.78 is 5.17. The van der Waals surface area contributed by atoms with E-state index in [1.807, 2.05) is 13.8 Å². The number of esters is 1. The molecule has 1 aromatic carbocycles. The van der Waals surface area contributed by atoms with Gasteiger partial charge in [0, 0.05) is 24.9 Å². The molecule has 0 unspecified atom stereocenters. The molecule has 0 aromatic heterocycles. The summed E-state index contributed by atoms with van der Waals surface area (Å²) in [6.07, 6.45) is 3.43. The maximum absolute atomic E-state index is 12.4. The minimum Gasteiger partial charge on any atom is -0.452 e. The molecule has 144 valence electrons. The minimum atomic E-state index is -0.605. The Hall–Kier alpha value is -2.70. The van der Waals surface area contributed by atoms with E-state index in [0.29, 0.717) is 5.69 Å². The Morgan fingerprint density at radius 2 is 1.56 bits per heavy atom. The second-order valence-corrected chi connectivity index (χ2v) is 7.18. The highest BCUT2D eigenvalue weighted by molar-refractivity contribution is 6.19. The number of piperidine rings is 1. The van der Waals surface area contributed by atoms with Gasteiger partial charge in [0.05, 0.1) is 11.3 Å². The van der Waals surface area contributed by atoms with Crippen LogP contribution in [0.3, 0.4) is 0 Å². The van der Waals surface area contributed by atoms with Crippen molar-refractivity contribution >= 4 is 29.4 Å². The van der Waals surface area contributed by atoms with Crippen molar-refractivity contribution in [3.8, 4) is 0 Å². The number of ether oxygens (including phenoxy) is 1. The Labute approximate surface area is 158 Å². The fourth-order valence-corrected chi connectivity index (χ4v) is 3.81. The lowest BCUT2D eigenvalue weighted by molar-refractivity contribution is -0.140. The van der Waals surface area contributed by atoms with Gasteiger partial charge in [-0.3, -0.25) is 19.3 Å². The van der Waals surface area contributed by atoms with Crippen molar-refractivity contribution in [3.05, 3.63) is 29.8 Å². The van der Waals surface area contributed by atoms with Gasteiger partial charge in [-0.25, -0.2) is 4.79 Å². The molecule has 2 saturated heterocycles. The smallest absolute Gasteiger partial charge is 0.338 e. The first kappa shape index (κ1) is 19.1. The number of benzene rings is 1. The van der Waals surface area contributed by atoms with Gasteiger partial charge in [-0.2, -0.15) is 0 Å². The number of hydrogen-bond acceptors (Lipinski definition) is 5. The van der Waals surface area contributed by atoms with Crippen LogP contribution in [-0.2, 0) is 19.1 Å². The van der Waals surface area contributed by atoms with E-state index in [2.05, 4.69) is 0 Å². The molecule has 0 saturated carbocycles. The number of anilines is 1. The number of nitrogens with zero attached hydrogens (tertiary/aromatic N) is 2. The highest BCUT2D eigenvalue weighted by atomic mass is 16.5. The maximum Gasteiger partial charge on any atom is 0.338 e. The highest BCUT2D eigenvalue weighted by Gasteiger charge is 2.31. The van der Waals surface area contributed by atoms with Gasteiger partial charge in [-0.15, -0.1) is 0 Å². The Morgan fingerprint density at radius 3 is 2.11 bits per heavy atom. The van der Waals surface area contributed by atoms with Crippen LogP contribution < -0.4 is 4.90 Å². The van der Waals surface area contributed by atoms with Crippen molar-refractivity contribution in [2.75, 3.05) is 11.5 Å². The summed E-state index contributed by atoms with van der Waals surface area (Å²) in [4.78, 5) is 51.1. The van der Waals surface area contributed by atoms with Gasteiger partial charge in [-0.1, -0.05) is 0 Å². The van der Waals surface area contributed by atoms with Gasteiger partial charge in [0.2, 0.25) is 11.8 Å². The minimum absolute atomic E-state index is 0.148. The molecule has 1 aromatic rings. The number of carbonyl (C=O) groups excluding carboxylic acids is 4. The van der Waals surface area contributed by atoms with E-state index in [1.54, 1.807) is 4.90 Å². The van der Waals surface area contributed by atoms with Crippen molar-refractivity contribution in [2.45, 2.75) is 58.0 Å². The van der Waals surface area contributed by atoms with Crippen LogP contribution >= 0.6 is 0 Å². The lowest BCUT2D eigenvalue weighted by Gasteiger charge is -2.38. The van der Waals surface area contributed by atoms with Gasteiger partial charge in [0.25, 0.3) is 5.91 Å². The molecule has 0 radical (unpaired) electrons. The predicted molar refractivity (Wildman–Crippen MR) is 98.1 cm³/mol. The average molecular weight is 372 g/mol. The molecule has 3 rings (SSSR count). The number of rotatable bonds is 4. The zero-order valence-electron chi connectivity index (χ0n) is 15.6. The van der Waals surface area contributed by atoms with E-state index in [-0.39, 0.29) is 54.8 Å². The van der Waals surface area contributed by atoms with E-state index in [0.717, 1.165) is 24.2 Å². The molecule has 2 heterocycles. The zero-order chi connectivity index (χ0) is 19.6. The summed E-state index contributed by atoms with van der Waals surface area (Å²) in [5.41, 5.74) is 0.705. The lowest BCUT2D eigenvalue weighted by Crippen LogP contribution is -2.49. The third kappa shape index (κ3) is 4.02. The molecule has 0 bridgehead atoms. The summed E-state index contributed by atoms with van der Waals surface area (Å²) in [7, 11) is 0. The normalized spacial score (nSPS) is 22.9. The van der Waals surface area contributed by atoms with Crippen LogP contribution in [0.2, 0.25) is 0 Å². The molecule has 2 aliphatic rings. The number of imide groups is 1. The quantitative estimate of drug-likeness (QED) is 0.598. The summed E-state index contributed by atoms with van der Waals surface area (Å²) in [5.74, 6) is -1.28. The Bertz CT molecular complexity index is 732. The van der Waals surface area contributed by atoms with E-state index >= 15 is 0 Å². The largest absolute Gasteiger partial charge is 0.452 e. The van der Waals surface area contributed by atoms with E-state index in [4.69, 9.17) is 4.74 Å². The number of likely N-dealkylation sites (tertiary alicyclic amines) is 1. The molecule has 0 aliphatic carbocycles. The molecule has 2 fully saturated rings. The first-order chi connectivity index (χ1) is 12.9. The zero-order valence-corrected chi connectivity index (χ0v) is 15.6. The molecular formula is C20H24N2O5. The number of hydrogen-bond donors (Lipinski definition) is 0. The fraction of sp³-hybridized carbons (Fsp3) is 0.500. The van der Waals surface area contributed by atoms with Gasteiger partial charge in [0.15, 0.2) is 6.61 Å². The molecular weight excluding hydrogens is 348 g/mol. The second kappa shape index (κ2) is 7.90. The Balaban J connectivity index is 1.59. The first-order valence-corrected chi connectivity index (χ1v) is 9.32. The summed E-state index contributed by atoms with van der Waals surface area (Å²) >= 11 is 0. The summed E-state index contributed by atoms with van der Waals surface area (Å²) in [5, 5.41) is 0. The number of carbonyl (C=O) groups is 4. The van der Waals surface area contributed by atoms with Crippen molar-refractivity contribution in [3.63, 3.8) is 0 Å². The van der Waals surface area contributed by atoms with Gasteiger partial charge in [-0.05, 0) is 57.4 Å². The van der Waals surface area contributed by atoms with Crippen LogP contribution in [0.1, 0.15) is 56.3 Å². The molecule has 3 amide bonds. The van der Waals surface area contributed by atoms with Crippen molar-refractivity contribution in [2.24, 2.45) is 0 Å². The molecule has 7 heteroatoms. The van der Waals surface area contributed by atoms with Crippen LogP contribution in [0.4, 0.5) is 5.69 Å². The molecule has 7 nitrogen and oxygen atoms in total. The molecule has 2 atom stereocenters. The van der Waals surface area contributed by atoms with E-state index in [9.17, 15) is 19.2 Å². The Kier molecular flexibility index (Phi) is 5.58. The second-order valence-electron chi connectivity index (χ2n) is 7.18. The molecule has 2 aliphatic heterocycles. The van der Waals surface area contributed by atoms with Gasteiger partial charge >= 0.3 is 5.97 Å². The summed E-state index contributed by atoms with van der Waals surface area (Å²) in [6.45, 7) is 3.72. The van der Waals surface area contributed by atoms with Crippen molar-refractivity contribution < 1.29 is 23.9 Å². The highest BCUT2D eigenvalue weighted by Crippen LogP contribution is 2.24. The topological polar surface area (TPSA) is 84.0 Å². The third-order valence-corrected chi connectivity index (χ3v) is 5.22. The molecule has 27 heavy (non-hydrogen) atoms. The lowest BCUT2D eigenvalue weighted by atomic mass is 9.97. The van der Waals surface area contributed by atoms with E-state index < -0.39 is 5.97 Å². The predicted octanol–water partition coefficient (Wildman–Crippen LogP) is 2.29. The first-order valence-electron chi connectivity index (χ1n) is 9.32. The van der Waals surface area contributed by atoms with Crippen LogP contribution in [-0.4, -0.2) is 47.3 Å². The van der Waals surface area contributed by atoms with Crippen LogP contribution in [0.5, 0.6) is 0 Å². The molecule has 0 N–H and O–H groups in total. The van der Waals surface area contributed by atoms with Crippen LogP contribution in [0.25, 0.3) is 0 Å². The van der Waals surface area contributed by atoms with Gasteiger partial charge < -0.3 is 9.64 Å². The van der Waals surface area contributed by atoms with Crippen molar-refractivity contribution in [1.82, 2.24) is 4.90 Å². The van der Waals surface area contributed by atoms with Crippen molar-refractivity contribution in [1.29, 1.82) is 0 Å². The van der Waals surface area contributed by atoms with Gasteiger partial charge in [0.1, 0.15) is 0 Å².